The first-order valence-electron chi connectivity index (χ1n) is 27.8. The van der Waals surface area contributed by atoms with E-state index in [2.05, 4.69) is 50.3 Å². The third-order valence-electron chi connectivity index (χ3n) is 13.0. The predicted molar refractivity (Wildman–Crippen MR) is 276 cm³/mol. The second kappa shape index (κ2) is 45.4. The van der Waals surface area contributed by atoms with Gasteiger partial charge in [0.05, 0.1) is 13.2 Å². The van der Waals surface area contributed by atoms with E-state index in [1.54, 1.807) is 0 Å². The normalized spacial score (nSPS) is 21.4. The highest BCUT2D eigenvalue weighted by molar-refractivity contribution is 7.47. The van der Waals surface area contributed by atoms with E-state index in [0.29, 0.717) is 13.0 Å². The molecular weight excluding hydrogens is 884 g/mol. The minimum Gasteiger partial charge on any atom is -0.457 e. The third-order valence-corrected chi connectivity index (χ3v) is 14.0. The summed E-state index contributed by atoms with van der Waals surface area (Å²) in [6.07, 6.45) is 43.6. The number of allylic oxidation sites excluding steroid dienone is 6. The number of rotatable bonds is 48. The number of phosphoric ester groups is 1. The van der Waals surface area contributed by atoms with Crippen molar-refractivity contribution in [1.29, 1.82) is 0 Å². The van der Waals surface area contributed by atoms with Gasteiger partial charge >= 0.3 is 13.8 Å². The zero-order valence-electron chi connectivity index (χ0n) is 43.2. The largest absolute Gasteiger partial charge is 0.472 e. The molecule has 0 heterocycles. The molecular formula is C55H103O12P. The topological polar surface area (TPSA) is 192 Å². The van der Waals surface area contributed by atoms with E-state index >= 15 is 0 Å². The van der Waals surface area contributed by atoms with Gasteiger partial charge in [0.25, 0.3) is 0 Å². The van der Waals surface area contributed by atoms with E-state index in [1.807, 2.05) is 0 Å². The van der Waals surface area contributed by atoms with E-state index in [4.69, 9.17) is 18.5 Å². The molecule has 1 saturated carbocycles. The van der Waals surface area contributed by atoms with E-state index in [9.17, 15) is 39.8 Å². The minimum atomic E-state index is -5.03. The van der Waals surface area contributed by atoms with Gasteiger partial charge in [-0.3, -0.25) is 13.8 Å². The highest BCUT2D eigenvalue weighted by Crippen LogP contribution is 2.47. The highest BCUT2D eigenvalue weighted by atomic mass is 31.2. The summed E-state index contributed by atoms with van der Waals surface area (Å²) in [4.78, 5) is 23.3. The molecule has 13 heteroatoms. The van der Waals surface area contributed by atoms with Gasteiger partial charge in [0.2, 0.25) is 0 Å². The lowest BCUT2D eigenvalue weighted by Gasteiger charge is -2.41. The Morgan fingerprint density at radius 2 is 0.868 bits per heavy atom. The fourth-order valence-electron chi connectivity index (χ4n) is 8.67. The Balaban J connectivity index is 2.27. The molecule has 1 rings (SSSR count). The van der Waals surface area contributed by atoms with Gasteiger partial charge < -0.3 is 39.9 Å². The molecule has 6 unspecified atom stereocenters. The molecule has 0 aromatic heterocycles. The first-order chi connectivity index (χ1) is 33.0. The minimum absolute atomic E-state index is 0.0775. The maximum Gasteiger partial charge on any atom is 0.472 e. The van der Waals surface area contributed by atoms with Gasteiger partial charge in [0, 0.05) is 13.0 Å². The van der Waals surface area contributed by atoms with Crippen LogP contribution in [0.3, 0.4) is 0 Å². The van der Waals surface area contributed by atoms with E-state index in [0.717, 1.165) is 77.0 Å². The van der Waals surface area contributed by atoms with Crippen LogP contribution >= 0.6 is 7.82 Å². The molecule has 6 N–H and O–H groups in total. The van der Waals surface area contributed by atoms with E-state index in [-0.39, 0.29) is 13.0 Å². The zero-order valence-corrected chi connectivity index (χ0v) is 44.1. The quantitative estimate of drug-likeness (QED) is 0.0147. The molecule has 1 fully saturated rings. The molecule has 0 amide bonds. The van der Waals surface area contributed by atoms with Gasteiger partial charge in [-0.05, 0) is 44.9 Å². The van der Waals surface area contributed by atoms with Gasteiger partial charge in [-0.15, -0.1) is 0 Å². The highest BCUT2D eigenvalue weighted by Gasteiger charge is 2.51. The molecule has 0 aromatic rings. The van der Waals surface area contributed by atoms with Crippen LogP contribution in [-0.4, -0.2) is 98.9 Å². The van der Waals surface area contributed by atoms with Crippen LogP contribution < -0.4 is 0 Å². The first kappa shape index (κ1) is 64.6. The molecule has 1 aliphatic rings. The molecule has 0 radical (unpaired) electrons. The van der Waals surface area contributed by atoms with Gasteiger partial charge in [0.1, 0.15) is 42.7 Å². The van der Waals surface area contributed by atoms with Crippen molar-refractivity contribution in [3.8, 4) is 0 Å². The van der Waals surface area contributed by atoms with Crippen molar-refractivity contribution in [3.63, 3.8) is 0 Å². The number of carbonyl (C=O) groups excluding carboxylic acids is 1. The Morgan fingerprint density at radius 3 is 1.32 bits per heavy atom. The van der Waals surface area contributed by atoms with Gasteiger partial charge in [-0.2, -0.15) is 0 Å². The molecule has 1 aliphatic carbocycles. The number of hydrogen-bond donors (Lipinski definition) is 6. The van der Waals surface area contributed by atoms with Crippen LogP contribution in [-0.2, 0) is 27.9 Å². The molecule has 0 aromatic carbocycles. The third kappa shape index (κ3) is 36.5. The van der Waals surface area contributed by atoms with Gasteiger partial charge in [-0.1, -0.05) is 230 Å². The Kier molecular flexibility index (Phi) is 43.1. The molecule has 68 heavy (non-hydrogen) atoms. The van der Waals surface area contributed by atoms with Crippen molar-refractivity contribution in [1.82, 2.24) is 0 Å². The summed E-state index contributed by atoms with van der Waals surface area (Å²) >= 11 is 0. The van der Waals surface area contributed by atoms with Crippen LogP contribution in [0.25, 0.3) is 0 Å². The van der Waals surface area contributed by atoms with Crippen molar-refractivity contribution in [2.24, 2.45) is 0 Å². The maximum atomic E-state index is 12.9. The van der Waals surface area contributed by atoms with Crippen molar-refractivity contribution in [2.75, 3.05) is 19.8 Å². The first-order valence-corrected chi connectivity index (χ1v) is 29.3. The van der Waals surface area contributed by atoms with Crippen LogP contribution in [0, 0.1) is 0 Å². The second-order valence-corrected chi connectivity index (χ2v) is 20.8. The van der Waals surface area contributed by atoms with Crippen LogP contribution in [0.2, 0.25) is 0 Å². The number of aliphatic hydroxyl groups is 5. The molecule has 0 spiro atoms. The molecule has 12 nitrogen and oxygen atoms in total. The maximum absolute atomic E-state index is 12.9. The lowest BCUT2D eigenvalue weighted by atomic mass is 9.85. The molecule has 400 valence electrons. The predicted octanol–water partition coefficient (Wildman–Crippen LogP) is 13.0. The summed E-state index contributed by atoms with van der Waals surface area (Å²) in [6, 6.07) is 0. The van der Waals surface area contributed by atoms with Crippen molar-refractivity contribution in [3.05, 3.63) is 36.5 Å². The van der Waals surface area contributed by atoms with Crippen LogP contribution in [0.4, 0.5) is 0 Å². The Labute approximate surface area is 414 Å². The molecule has 6 atom stereocenters. The zero-order chi connectivity index (χ0) is 49.8. The van der Waals surface area contributed by atoms with Crippen LogP contribution in [0.1, 0.15) is 245 Å². The fraction of sp³-hybridized carbons (Fsp3) is 0.873. The number of ether oxygens (including phenoxy) is 2. The summed E-state index contributed by atoms with van der Waals surface area (Å²) in [5, 5.41) is 50.4. The number of unbranched alkanes of at least 4 members (excludes halogenated alkanes) is 30. The summed E-state index contributed by atoms with van der Waals surface area (Å²) < 4.78 is 34.4. The van der Waals surface area contributed by atoms with E-state index in [1.165, 1.54) is 141 Å². The second-order valence-electron chi connectivity index (χ2n) is 19.4. The van der Waals surface area contributed by atoms with Crippen molar-refractivity contribution in [2.45, 2.75) is 288 Å². The number of phosphoric acid groups is 1. The molecule has 0 saturated heterocycles. The number of aliphatic hydroxyl groups excluding tert-OH is 5. The summed E-state index contributed by atoms with van der Waals surface area (Å²) in [5.74, 6) is -0.483. The summed E-state index contributed by atoms with van der Waals surface area (Å²) in [6.45, 7) is 4.19. The monoisotopic (exact) mass is 987 g/mol. The Hall–Kier alpha value is -1.44. The Bertz CT molecular complexity index is 1260. The van der Waals surface area contributed by atoms with Gasteiger partial charge in [0.15, 0.2) is 0 Å². The van der Waals surface area contributed by atoms with Crippen LogP contribution in [0.15, 0.2) is 36.5 Å². The molecule has 0 aliphatic heterocycles. The lowest BCUT2D eigenvalue weighted by Crippen LogP contribution is -2.64. The summed E-state index contributed by atoms with van der Waals surface area (Å²) in [5.41, 5.74) is 0. The Morgan fingerprint density at radius 1 is 0.485 bits per heavy atom. The fourth-order valence-corrected chi connectivity index (χ4v) is 9.64. The molecule has 0 bridgehead atoms. The number of esters is 1. The summed E-state index contributed by atoms with van der Waals surface area (Å²) in [7, 11) is -5.03. The van der Waals surface area contributed by atoms with Crippen molar-refractivity contribution >= 4 is 13.8 Å². The van der Waals surface area contributed by atoms with Gasteiger partial charge in [-0.25, -0.2) is 4.57 Å². The van der Waals surface area contributed by atoms with Crippen LogP contribution in [0.5, 0.6) is 0 Å². The average Bonchev–Trinajstić information content (AvgIpc) is 3.32. The smallest absolute Gasteiger partial charge is 0.457 e. The standard InChI is InChI=1S/C55H103O12P/c1-3-5-7-9-11-13-15-17-19-21-22-23-24-25-26-27-29-31-33-35-37-39-41-43-45-64-46-48(47-65-68(62,63)67-55-53(60)51(58)50(57)52(59)54(55)61)66-49(56)44-42-40-38-36-34-32-30-28-20-18-16-14-12-10-8-6-4-2/h6,8,12,14,18,20,48,50-55,57-61H,3-5,7,9-11,13,15-17,19,21-47H2,1-2H3,(H,62,63)/b8-6-,14-12-,20-18-. The lowest BCUT2D eigenvalue weighted by molar-refractivity contribution is -0.220. The average molecular weight is 987 g/mol. The number of hydrogen-bond acceptors (Lipinski definition) is 11. The number of carbonyl (C=O) groups is 1. The van der Waals surface area contributed by atoms with Crippen molar-refractivity contribution < 1.29 is 58.3 Å². The van der Waals surface area contributed by atoms with E-state index < -0.39 is 63.1 Å². The SMILES string of the molecule is CC/C=C\C/C=C\C/C=C\CCCCCCCCCC(=O)OC(COCCCCCCCCCCCCCCCCCCCCCCCCCC)COP(=O)(O)OC1C(O)C(O)C(O)C(O)C1O.